The Labute approximate surface area is 91.0 Å². The van der Waals surface area contributed by atoms with Gasteiger partial charge in [-0.05, 0) is 0 Å². The van der Waals surface area contributed by atoms with Gasteiger partial charge in [0.15, 0.2) is 5.91 Å². The summed E-state index contributed by atoms with van der Waals surface area (Å²) in [5.41, 5.74) is 5.77. The van der Waals surface area contributed by atoms with Gasteiger partial charge in [-0.3, -0.25) is 4.79 Å². The van der Waals surface area contributed by atoms with E-state index >= 15 is 0 Å². The van der Waals surface area contributed by atoms with Gasteiger partial charge in [0.05, 0.1) is 0 Å². The Bertz CT molecular complexity index is 223. The van der Waals surface area contributed by atoms with E-state index in [9.17, 15) is 4.79 Å². The molecule has 0 saturated heterocycles. The van der Waals surface area contributed by atoms with Gasteiger partial charge in [-0.2, -0.15) is 17.7 Å². The van der Waals surface area contributed by atoms with Crippen LogP contribution in [0.25, 0.3) is 0 Å². The number of benzene rings is 1. The molecule has 11 heavy (non-hydrogen) atoms. The van der Waals surface area contributed by atoms with Crippen molar-refractivity contribution in [2.75, 3.05) is 0 Å². The van der Waals surface area contributed by atoms with E-state index in [2.05, 4.69) is 0 Å². The van der Waals surface area contributed by atoms with E-state index in [1.54, 1.807) is 0 Å². The summed E-state index contributed by atoms with van der Waals surface area (Å²) in [6.45, 7) is 0. The number of carbonyl (C=O) groups excluding carboxylic acids is 1. The monoisotopic (exact) mass is 223 g/mol. The molecular formula is C8H8NOY-. The number of hydrogen-bond acceptors (Lipinski definition) is 1. The molecule has 2 N–H and O–H groups in total. The van der Waals surface area contributed by atoms with Crippen molar-refractivity contribution in [2.24, 2.45) is 5.73 Å². The fourth-order valence-corrected chi connectivity index (χ4v) is 0.714. The normalized spacial score (nSPS) is 8.00. The van der Waals surface area contributed by atoms with Crippen LogP contribution >= 0.6 is 0 Å². The zero-order valence-corrected chi connectivity index (χ0v) is 8.87. The van der Waals surface area contributed by atoms with Crippen molar-refractivity contribution in [1.29, 1.82) is 0 Å². The van der Waals surface area contributed by atoms with Crippen molar-refractivity contribution in [2.45, 2.75) is 0 Å². The maximum Gasteiger partial charge on any atom is 0.186 e. The van der Waals surface area contributed by atoms with Gasteiger partial charge >= 0.3 is 0 Å². The third kappa shape index (κ3) is 4.17. The summed E-state index contributed by atoms with van der Waals surface area (Å²) in [7, 11) is 0. The van der Waals surface area contributed by atoms with Gasteiger partial charge in [0.1, 0.15) is 0 Å². The first-order valence-electron chi connectivity index (χ1n) is 2.98. The van der Waals surface area contributed by atoms with Crippen LogP contribution < -0.4 is 5.73 Å². The molecule has 0 aromatic heterocycles. The van der Waals surface area contributed by atoms with Crippen molar-refractivity contribution >= 4 is 5.91 Å². The number of amides is 1. The van der Waals surface area contributed by atoms with Gasteiger partial charge in [-0.15, -0.1) is 12.1 Å². The molecule has 1 aromatic rings. The molecule has 1 rings (SSSR count). The third-order valence-electron chi connectivity index (χ3n) is 1.11. The Morgan fingerprint density at radius 2 is 1.82 bits per heavy atom. The SMILES string of the molecule is NC(=O)[CH-]c1ccccc1.[Y]. The second-order valence-electron chi connectivity index (χ2n) is 1.96. The maximum absolute atomic E-state index is 10.3. The summed E-state index contributed by atoms with van der Waals surface area (Å²) < 4.78 is 0. The third-order valence-corrected chi connectivity index (χ3v) is 1.11. The molecule has 0 spiro atoms. The van der Waals surface area contributed by atoms with Crippen LogP contribution in [-0.4, -0.2) is 5.91 Å². The summed E-state index contributed by atoms with van der Waals surface area (Å²) in [5, 5.41) is 0. The fraction of sp³-hybridized carbons (Fsp3) is 0. The minimum atomic E-state index is -0.411. The van der Waals surface area contributed by atoms with E-state index in [-0.39, 0.29) is 32.7 Å². The molecule has 2 nitrogen and oxygen atoms in total. The molecule has 0 aliphatic heterocycles. The second-order valence-corrected chi connectivity index (χ2v) is 1.96. The first-order valence-corrected chi connectivity index (χ1v) is 2.98. The second kappa shape index (κ2) is 5.33. The van der Waals surface area contributed by atoms with E-state index in [0.29, 0.717) is 0 Å². The average Bonchev–Trinajstić information content (AvgIpc) is 1.88. The Balaban J connectivity index is 0.000001000. The standard InChI is InChI=1S/C8H8NO.Y/c9-8(10)6-7-4-2-1-3-5-7;/h1-6H,(H2,9,10);/q-1;. The molecule has 0 unspecified atom stereocenters. The van der Waals surface area contributed by atoms with Crippen LogP contribution in [0.15, 0.2) is 30.3 Å². The number of nitrogens with two attached hydrogens (primary N) is 1. The summed E-state index contributed by atoms with van der Waals surface area (Å²) >= 11 is 0. The molecule has 0 heterocycles. The quantitative estimate of drug-likeness (QED) is 0.737. The predicted octanol–water partition coefficient (Wildman–Crippen LogP) is 0.722. The molecular weight excluding hydrogens is 215 g/mol. The van der Waals surface area contributed by atoms with Crippen LogP contribution in [0.5, 0.6) is 0 Å². The van der Waals surface area contributed by atoms with Gasteiger partial charge in [0.25, 0.3) is 0 Å². The zero-order valence-electron chi connectivity index (χ0n) is 6.03. The summed E-state index contributed by atoms with van der Waals surface area (Å²) in [6, 6.07) is 9.25. The van der Waals surface area contributed by atoms with Crippen molar-refractivity contribution in [1.82, 2.24) is 0 Å². The van der Waals surface area contributed by atoms with Gasteiger partial charge in [0, 0.05) is 32.7 Å². The summed E-state index contributed by atoms with van der Waals surface area (Å²) in [4.78, 5) is 10.3. The van der Waals surface area contributed by atoms with E-state index in [0.717, 1.165) is 5.56 Å². The number of rotatable bonds is 2. The summed E-state index contributed by atoms with van der Waals surface area (Å²) in [5.74, 6) is -0.411. The molecule has 3 heteroatoms. The van der Waals surface area contributed by atoms with E-state index < -0.39 is 5.91 Å². The van der Waals surface area contributed by atoms with Crippen LogP contribution in [0.4, 0.5) is 0 Å². The first-order chi connectivity index (χ1) is 4.79. The van der Waals surface area contributed by atoms with Crippen LogP contribution in [0.2, 0.25) is 0 Å². The Morgan fingerprint density at radius 1 is 1.27 bits per heavy atom. The number of primary amides is 1. The van der Waals surface area contributed by atoms with Crippen LogP contribution in [-0.2, 0) is 37.5 Å². The number of carbonyl (C=O) groups is 1. The largest absolute Gasteiger partial charge is 0.377 e. The van der Waals surface area contributed by atoms with Crippen molar-refractivity contribution < 1.29 is 37.5 Å². The number of hydrogen-bond donors (Lipinski definition) is 1. The Hall–Kier alpha value is -0.336. The predicted molar refractivity (Wildman–Crippen MR) is 39.0 cm³/mol. The van der Waals surface area contributed by atoms with E-state index in [1.807, 2.05) is 30.3 Å². The van der Waals surface area contributed by atoms with Crippen molar-refractivity contribution in [3.63, 3.8) is 0 Å². The summed E-state index contributed by atoms with van der Waals surface area (Å²) in [6.07, 6.45) is 1.39. The minimum absolute atomic E-state index is 0. The minimum Gasteiger partial charge on any atom is -0.377 e. The van der Waals surface area contributed by atoms with Crippen molar-refractivity contribution in [3.8, 4) is 0 Å². The molecule has 55 valence electrons. The molecule has 0 atom stereocenters. The van der Waals surface area contributed by atoms with E-state index in [4.69, 9.17) is 5.73 Å². The molecule has 1 radical (unpaired) electrons. The zero-order chi connectivity index (χ0) is 7.40. The van der Waals surface area contributed by atoms with Crippen LogP contribution in [0.1, 0.15) is 5.56 Å². The molecule has 1 amide bonds. The van der Waals surface area contributed by atoms with E-state index in [1.165, 1.54) is 6.42 Å². The molecule has 1 aromatic carbocycles. The smallest absolute Gasteiger partial charge is 0.186 e. The van der Waals surface area contributed by atoms with Crippen LogP contribution in [0.3, 0.4) is 0 Å². The molecule has 0 saturated carbocycles. The first kappa shape index (κ1) is 10.7. The average molecular weight is 223 g/mol. The Morgan fingerprint density at radius 3 is 2.27 bits per heavy atom. The molecule has 0 bridgehead atoms. The molecule has 0 aliphatic rings. The topological polar surface area (TPSA) is 43.1 Å². The van der Waals surface area contributed by atoms with Gasteiger partial charge in [-0.25, -0.2) is 0 Å². The van der Waals surface area contributed by atoms with Crippen LogP contribution in [0, 0.1) is 6.42 Å². The fourth-order valence-electron chi connectivity index (χ4n) is 0.714. The Kier molecular flexibility index (Phi) is 5.17. The molecule has 0 aliphatic carbocycles. The molecule has 0 fully saturated rings. The van der Waals surface area contributed by atoms with Gasteiger partial charge in [0.2, 0.25) is 0 Å². The van der Waals surface area contributed by atoms with Crippen molar-refractivity contribution in [3.05, 3.63) is 42.3 Å². The van der Waals surface area contributed by atoms with Gasteiger partial charge in [-0.1, -0.05) is 12.5 Å². The van der Waals surface area contributed by atoms with Gasteiger partial charge < -0.3 is 5.73 Å². The maximum atomic E-state index is 10.3.